The molecule has 0 radical (unpaired) electrons. The van der Waals surface area contributed by atoms with Crippen molar-refractivity contribution in [2.75, 3.05) is 18.8 Å². The maximum absolute atomic E-state index is 11.6. The van der Waals surface area contributed by atoms with Crippen LogP contribution in [0.2, 0.25) is 0 Å². The molecule has 3 nitrogen and oxygen atoms in total. The van der Waals surface area contributed by atoms with E-state index < -0.39 is 14.6 Å². The van der Waals surface area contributed by atoms with Gasteiger partial charge in [-0.05, 0) is 26.3 Å². The van der Waals surface area contributed by atoms with E-state index >= 15 is 0 Å². The number of hydrogen-bond donors (Lipinski definition) is 1. The molecule has 0 amide bonds. The molecule has 0 spiro atoms. The van der Waals surface area contributed by atoms with Crippen LogP contribution in [0.25, 0.3) is 0 Å². The van der Waals surface area contributed by atoms with E-state index in [0.717, 1.165) is 13.1 Å². The van der Waals surface area contributed by atoms with Crippen molar-refractivity contribution in [1.29, 1.82) is 0 Å². The summed E-state index contributed by atoms with van der Waals surface area (Å²) in [5, 5.41) is 3.07. The summed E-state index contributed by atoms with van der Waals surface area (Å²) in [5.74, 6) is 0.174. The molecule has 0 bridgehead atoms. The number of hydrogen-bond acceptors (Lipinski definition) is 3. The zero-order valence-electron chi connectivity index (χ0n) is 8.42. The first-order valence-electron chi connectivity index (χ1n) is 4.44. The van der Waals surface area contributed by atoms with Gasteiger partial charge in [0.1, 0.15) is 0 Å². The molecule has 1 N–H and O–H groups in total. The molecule has 1 rings (SSSR count). The zero-order chi connectivity index (χ0) is 10.1. The summed E-state index contributed by atoms with van der Waals surface area (Å²) in [7, 11) is -2.97. The molecule has 1 fully saturated rings. The van der Waals surface area contributed by atoms with Crippen LogP contribution in [0.4, 0.5) is 0 Å². The monoisotopic (exact) mass is 203 g/mol. The maximum Gasteiger partial charge on any atom is 0.158 e. The van der Waals surface area contributed by atoms with Gasteiger partial charge in [0.2, 0.25) is 0 Å². The minimum Gasteiger partial charge on any atom is -0.309 e. The lowest BCUT2D eigenvalue weighted by atomic mass is 10.1. The van der Waals surface area contributed by atoms with Gasteiger partial charge in [0.15, 0.2) is 9.84 Å². The van der Waals surface area contributed by atoms with E-state index in [2.05, 4.69) is 5.32 Å². The van der Waals surface area contributed by atoms with Crippen LogP contribution in [0.1, 0.15) is 20.8 Å². The maximum atomic E-state index is 11.6. The van der Waals surface area contributed by atoms with Gasteiger partial charge in [0, 0.05) is 13.1 Å². The van der Waals surface area contributed by atoms with Gasteiger partial charge in [-0.3, -0.25) is 0 Å². The van der Waals surface area contributed by atoms with Gasteiger partial charge >= 0.3 is 0 Å². The van der Waals surface area contributed by atoms with Crippen LogP contribution in [0, 0.1) is 0 Å². The van der Waals surface area contributed by atoms with Crippen molar-refractivity contribution in [2.24, 2.45) is 0 Å². The zero-order valence-corrected chi connectivity index (χ0v) is 9.24. The molecule has 0 aromatic carbocycles. The third-order valence-electron chi connectivity index (χ3n) is 2.23. The lowest BCUT2D eigenvalue weighted by Crippen LogP contribution is -2.35. The highest BCUT2D eigenvalue weighted by molar-refractivity contribution is 7.92. The van der Waals surface area contributed by atoms with Crippen molar-refractivity contribution < 1.29 is 8.42 Å². The van der Waals surface area contributed by atoms with Gasteiger partial charge in [-0.1, -0.05) is 6.08 Å². The average molecular weight is 203 g/mol. The van der Waals surface area contributed by atoms with Crippen LogP contribution < -0.4 is 5.32 Å². The Bertz CT molecular complexity index is 303. The van der Waals surface area contributed by atoms with Crippen molar-refractivity contribution in [2.45, 2.75) is 25.5 Å². The second-order valence-electron chi connectivity index (χ2n) is 4.36. The SMILES string of the molecule is CC(C)(C)S(=O)(=O)CC=C1CNC1. The topological polar surface area (TPSA) is 46.2 Å². The van der Waals surface area contributed by atoms with Crippen LogP contribution in [0.5, 0.6) is 0 Å². The van der Waals surface area contributed by atoms with E-state index in [0.29, 0.717) is 0 Å². The van der Waals surface area contributed by atoms with Crippen molar-refractivity contribution in [3.05, 3.63) is 11.6 Å². The Morgan fingerprint density at radius 2 is 1.92 bits per heavy atom. The largest absolute Gasteiger partial charge is 0.309 e. The average Bonchev–Trinajstić information content (AvgIpc) is 1.80. The molecule has 0 saturated carbocycles. The second-order valence-corrected chi connectivity index (χ2v) is 7.15. The Morgan fingerprint density at radius 3 is 2.23 bits per heavy atom. The summed E-state index contributed by atoms with van der Waals surface area (Å²) in [6.07, 6.45) is 1.83. The molecule has 0 aliphatic carbocycles. The Labute approximate surface area is 80.1 Å². The molecule has 4 heteroatoms. The van der Waals surface area contributed by atoms with Crippen molar-refractivity contribution >= 4 is 9.84 Å². The fourth-order valence-corrected chi connectivity index (χ4v) is 1.85. The molecule has 1 saturated heterocycles. The molecular weight excluding hydrogens is 186 g/mol. The predicted molar refractivity (Wildman–Crippen MR) is 54.5 cm³/mol. The highest BCUT2D eigenvalue weighted by atomic mass is 32.2. The standard InChI is InChI=1S/C9H17NO2S/c1-9(2,3)13(11,12)5-4-8-6-10-7-8/h4,10H,5-7H2,1-3H3. The minimum absolute atomic E-state index is 0.174. The molecule has 0 unspecified atom stereocenters. The van der Waals surface area contributed by atoms with Crippen LogP contribution >= 0.6 is 0 Å². The Morgan fingerprint density at radius 1 is 1.38 bits per heavy atom. The fourth-order valence-electron chi connectivity index (χ4n) is 0.891. The van der Waals surface area contributed by atoms with Crippen molar-refractivity contribution in [3.8, 4) is 0 Å². The Kier molecular flexibility index (Phi) is 2.82. The summed E-state index contributed by atoms with van der Waals surface area (Å²) < 4.78 is 22.6. The van der Waals surface area contributed by atoms with Crippen molar-refractivity contribution in [1.82, 2.24) is 5.32 Å². The van der Waals surface area contributed by atoms with Gasteiger partial charge in [-0.25, -0.2) is 8.42 Å². The number of rotatable bonds is 2. The van der Waals surface area contributed by atoms with E-state index in [9.17, 15) is 8.42 Å². The first kappa shape index (κ1) is 10.7. The molecule has 0 aromatic heterocycles. The molecule has 13 heavy (non-hydrogen) atoms. The van der Waals surface area contributed by atoms with Gasteiger partial charge in [0.05, 0.1) is 10.5 Å². The van der Waals surface area contributed by atoms with Gasteiger partial charge in [-0.2, -0.15) is 0 Å². The Balaban J connectivity index is 2.63. The van der Waals surface area contributed by atoms with E-state index in [1.165, 1.54) is 5.57 Å². The number of nitrogens with one attached hydrogen (secondary N) is 1. The van der Waals surface area contributed by atoms with Crippen LogP contribution in [0.15, 0.2) is 11.6 Å². The summed E-state index contributed by atoms with van der Waals surface area (Å²) in [6, 6.07) is 0. The molecular formula is C9H17NO2S. The minimum atomic E-state index is -2.97. The normalized spacial score (nSPS) is 18.2. The first-order chi connectivity index (χ1) is 5.83. The van der Waals surface area contributed by atoms with E-state index in [1.807, 2.05) is 6.08 Å². The van der Waals surface area contributed by atoms with Gasteiger partial charge in [0.25, 0.3) is 0 Å². The van der Waals surface area contributed by atoms with Crippen LogP contribution in [-0.2, 0) is 9.84 Å². The molecule has 1 aliphatic rings. The fraction of sp³-hybridized carbons (Fsp3) is 0.778. The third-order valence-corrected chi connectivity index (χ3v) is 4.70. The van der Waals surface area contributed by atoms with Crippen LogP contribution in [0.3, 0.4) is 0 Å². The predicted octanol–water partition coefficient (Wildman–Crippen LogP) is 0.729. The highest BCUT2D eigenvalue weighted by Crippen LogP contribution is 2.16. The smallest absolute Gasteiger partial charge is 0.158 e. The second kappa shape index (κ2) is 3.42. The van der Waals surface area contributed by atoms with E-state index in [-0.39, 0.29) is 5.75 Å². The Hall–Kier alpha value is -0.350. The first-order valence-corrected chi connectivity index (χ1v) is 6.09. The molecule has 1 heterocycles. The highest BCUT2D eigenvalue weighted by Gasteiger charge is 2.27. The molecule has 1 aliphatic heterocycles. The van der Waals surface area contributed by atoms with Gasteiger partial charge < -0.3 is 5.32 Å². The van der Waals surface area contributed by atoms with E-state index in [1.54, 1.807) is 20.8 Å². The summed E-state index contributed by atoms with van der Waals surface area (Å²) in [6.45, 7) is 6.90. The molecule has 76 valence electrons. The third kappa shape index (κ3) is 2.54. The summed E-state index contributed by atoms with van der Waals surface area (Å²) >= 11 is 0. The van der Waals surface area contributed by atoms with E-state index in [4.69, 9.17) is 0 Å². The lowest BCUT2D eigenvalue weighted by Gasteiger charge is -2.21. The summed E-state index contributed by atoms with van der Waals surface area (Å²) in [5.41, 5.74) is 1.20. The molecule has 0 aromatic rings. The quantitative estimate of drug-likeness (QED) is 0.673. The molecule has 0 atom stereocenters. The van der Waals surface area contributed by atoms with Gasteiger partial charge in [-0.15, -0.1) is 0 Å². The van der Waals surface area contributed by atoms with Crippen LogP contribution in [-0.4, -0.2) is 32.0 Å². The summed E-state index contributed by atoms with van der Waals surface area (Å²) in [4.78, 5) is 0. The lowest BCUT2D eigenvalue weighted by molar-refractivity contribution is 0.563. The van der Waals surface area contributed by atoms with Crippen molar-refractivity contribution in [3.63, 3.8) is 0 Å². The number of sulfone groups is 1.